The summed E-state index contributed by atoms with van der Waals surface area (Å²) in [5, 5.41) is 39.8. The molecule has 0 unspecified atom stereocenters. The molecule has 9 nitrogen and oxygen atoms in total. The highest BCUT2D eigenvalue weighted by Crippen LogP contribution is 2.52. The Kier molecular flexibility index (Phi) is 6.93. The van der Waals surface area contributed by atoms with Crippen LogP contribution in [-0.2, 0) is 16.8 Å². The highest BCUT2D eigenvalue weighted by molar-refractivity contribution is 6.07. The Labute approximate surface area is 283 Å². The first kappa shape index (κ1) is 30.5. The van der Waals surface area contributed by atoms with Gasteiger partial charge in [0.15, 0.2) is 11.0 Å². The zero-order chi connectivity index (χ0) is 34.7. The van der Waals surface area contributed by atoms with Gasteiger partial charge in [0.05, 0.1) is 11.1 Å². The Morgan fingerprint density at radius 1 is 0.620 bits per heavy atom. The molecule has 0 atom stereocenters. The first-order valence-corrected chi connectivity index (χ1v) is 15.6. The van der Waals surface area contributed by atoms with Crippen LogP contribution >= 0.6 is 0 Å². The molecular weight excluding hydrogens is 636 g/mol. The topological polar surface area (TPSA) is 154 Å². The molecule has 0 aromatic heterocycles. The van der Waals surface area contributed by atoms with E-state index in [-0.39, 0.29) is 34.2 Å². The summed E-state index contributed by atoms with van der Waals surface area (Å²) in [7, 11) is 0. The molecule has 0 amide bonds. The monoisotopic (exact) mass is 662 g/mol. The van der Waals surface area contributed by atoms with Gasteiger partial charge in [0.25, 0.3) is 0 Å². The largest absolute Gasteiger partial charge is 0.508 e. The molecular formula is C41H26O9. The number of benzene rings is 6. The summed E-state index contributed by atoms with van der Waals surface area (Å²) >= 11 is 0. The number of phenols is 3. The second-order valence-electron chi connectivity index (χ2n) is 12.1. The zero-order valence-electron chi connectivity index (χ0n) is 26.1. The van der Waals surface area contributed by atoms with Crippen molar-refractivity contribution >= 4 is 22.9 Å². The molecule has 50 heavy (non-hydrogen) atoms. The van der Waals surface area contributed by atoms with Crippen LogP contribution in [0.3, 0.4) is 0 Å². The number of aromatic hydroxyl groups is 3. The number of phenolic OH excluding ortho intramolecular Hbond substituents is 3. The van der Waals surface area contributed by atoms with Crippen LogP contribution in [-0.4, -0.2) is 32.4 Å². The summed E-state index contributed by atoms with van der Waals surface area (Å²) in [4.78, 5) is 35.9. The molecule has 244 valence electrons. The molecule has 2 aliphatic heterocycles. The quantitative estimate of drug-likeness (QED) is 0.109. The van der Waals surface area contributed by atoms with E-state index in [1.165, 1.54) is 30.3 Å². The van der Waals surface area contributed by atoms with Crippen molar-refractivity contribution in [3.8, 4) is 39.7 Å². The Balaban J connectivity index is 0.000000144. The second kappa shape index (κ2) is 11.4. The predicted octanol–water partition coefficient (Wildman–Crippen LogP) is 7.43. The van der Waals surface area contributed by atoms with Gasteiger partial charge in [0, 0.05) is 45.3 Å². The Morgan fingerprint density at radius 2 is 1.24 bits per heavy atom. The summed E-state index contributed by atoms with van der Waals surface area (Å²) in [6.45, 7) is 0. The van der Waals surface area contributed by atoms with Crippen LogP contribution in [0.4, 0.5) is 0 Å². The number of carboxylic acid groups (broad SMARTS) is 1. The fourth-order valence-corrected chi connectivity index (χ4v) is 7.14. The normalized spacial score (nSPS) is 13.6. The number of aromatic carboxylic acids is 1. The Bertz CT molecular complexity index is 2510. The van der Waals surface area contributed by atoms with Crippen molar-refractivity contribution in [2.24, 2.45) is 0 Å². The third-order valence-electron chi connectivity index (χ3n) is 9.19. The second-order valence-corrected chi connectivity index (χ2v) is 12.1. The average molecular weight is 663 g/mol. The molecule has 9 heteroatoms. The molecule has 0 saturated carbocycles. The number of rotatable bonds is 2. The minimum atomic E-state index is -1.04. The van der Waals surface area contributed by atoms with Gasteiger partial charge in [-0.25, -0.2) is 9.59 Å². The molecule has 1 spiro atoms. The molecule has 0 radical (unpaired) electrons. The van der Waals surface area contributed by atoms with Gasteiger partial charge in [-0.15, -0.1) is 0 Å². The molecule has 0 saturated heterocycles. The number of hydrogen-bond acceptors (Lipinski definition) is 8. The smallest absolute Gasteiger partial charge is 0.340 e. The third kappa shape index (κ3) is 4.75. The van der Waals surface area contributed by atoms with Crippen molar-refractivity contribution < 1.29 is 39.2 Å². The fraction of sp³-hybridized carbons (Fsp3) is 0.0488. The number of carbonyl (C=O) groups excluding carboxylic acids is 1. The van der Waals surface area contributed by atoms with Gasteiger partial charge in [-0.1, -0.05) is 48.5 Å². The third-order valence-corrected chi connectivity index (χ3v) is 9.19. The molecule has 4 N–H and O–H groups in total. The molecule has 9 rings (SSSR count). The van der Waals surface area contributed by atoms with Crippen molar-refractivity contribution in [1.82, 2.24) is 0 Å². The van der Waals surface area contributed by atoms with Gasteiger partial charge < -0.3 is 29.6 Å². The van der Waals surface area contributed by atoms with Crippen LogP contribution in [0.1, 0.15) is 48.5 Å². The van der Waals surface area contributed by atoms with E-state index in [2.05, 4.69) is 0 Å². The highest BCUT2D eigenvalue weighted by atomic mass is 16.6. The highest BCUT2D eigenvalue weighted by Gasteiger charge is 2.52. The number of esters is 1. The van der Waals surface area contributed by atoms with E-state index < -0.39 is 11.6 Å². The minimum absolute atomic E-state index is 0.0198. The first-order valence-electron chi connectivity index (χ1n) is 15.6. The number of hydrogen-bond donors (Lipinski definition) is 4. The summed E-state index contributed by atoms with van der Waals surface area (Å²) < 4.78 is 11.8. The van der Waals surface area contributed by atoms with E-state index in [4.69, 9.17) is 9.15 Å². The maximum absolute atomic E-state index is 12.6. The summed E-state index contributed by atoms with van der Waals surface area (Å²) in [5.74, 6) is -0.732. The van der Waals surface area contributed by atoms with E-state index in [1.54, 1.807) is 60.7 Å². The van der Waals surface area contributed by atoms with Crippen LogP contribution in [0.2, 0.25) is 0 Å². The van der Waals surface area contributed by atoms with Gasteiger partial charge in [0.2, 0.25) is 0 Å². The van der Waals surface area contributed by atoms with E-state index in [0.29, 0.717) is 45.4 Å². The lowest BCUT2D eigenvalue weighted by Gasteiger charge is -2.37. The van der Waals surface area contributed by atoms with Crippen molar-refractivity contribution in [2.45, 2.75) is 12.0 Å². The average Bonchev–Trinajstić information content (AvgIpc) is 3.39. The van der Waals surface area contributed by atoms with Crippen molar-refractivity contribution in [1.29, 1.82) is 0 Å². The standard InChI is InChI=1S/C21H14O4.C20H12O5/c22-14-5-7-17-12(10-14)9-13-11-15(23)6-8-18(13)21(17)19-4-2-1-3-16(19)20(24)25-21;21-11-5-7-15-17(9-11)25-18-10-12(22)6-8-16(18)19(15)13-3-1-2-4-14(13)20(23)24/h1-8,10-11,22-23H,9H2;1-10,21H,(H,23,24). The van der Waals surface area contributed by atoms with Crippen LogP contribution in [0, 0.1) is 0 Å². The van der Waals surface area contributed by atoms with Crippen molar-refractivity contribution in [3.05, 3.63) is 170 Å². The minimum Gasteiger partial charge on any atom is -0.508 e. The molecule has 2 aliphatic carbocycles. The zero-order valence-corrected chi connectivity index (χ0v) is 26.1. The van der Waals surface area contributed by atoms with Crippen molar-refractivity contribution in [3.63, 3.8) is 0 Å². The van der Waals surface area contributed by atoms with E-state index in [1.807, 2.05) is 30.3 Å². The SMILES string of the molecule is O=C(O)c1ccccc1-c1c2ccc(=O)cc-2oc2cc(O)ccc12.O=C1OC2(c3ccc(O)cc3Cc3cc(O)ccc32)c2ccccc21. The molecule has 4 aliphatic rings. The van der Waals surface area contributed by atoms with Gasteiger partial charge in [0.1, 0.15) is 28.6 Å². The number of carboxylic acids is 1. The lowest BCUT2D eigenvalue weighted by molar-refractivity contribution is 0.0240. The predicted molar refractivity (Wildman–Crippen MR) is 184 cm³/mol. The van der Waals surface area contributed by atoms with Crippen LogP contribution < -0.4 is 5.43 Å². The number of ether oxygens (including phenoxy) is 1. The maximum Gasteiger partial charge on any atom is 0.340 e. The summed E-state index contributed by atoms with van der Waals surface area (Å²) in [6.07, 6.45) is 0.551. The van der Waals surface area contributed by atoms with Gasteiger partial charge in [-0.2, -0.15) is 0 Å². The number of carbonyl (C=O) groups is 2. The Hall–Kier alpha value is -6.87. The number of fused-ring (bicyclic) bond motifs is 8. The van der Waals surface area contributed by atoms with Gasteiger partial charge in [-0.3, -0.25) is 4.79 Å². The molecule has 0 bridgehead atoms. The summed E-state index contributed by atoms with van der Waals surface area (Å²) in [5.41, 5.74) is 5.84. The van der Waals surface area contributed by atoms with E-state index in [0.717, 1.165) is 27.8 Å². The van der Waals surface area contributed by atoms with Crippen LogP contribution in [0.5, 0.6) is 17.2 Å². The van der Waals surface area contributed by atoms with Crippen LogP contribution in [0.25, 0.3) is 33.4 Å². The van der Waals surface area contributed by atoms with Gasteiger partial charge in [-0.05, 0) is 83.8 Å². The van der Waals surface area contributed by atoms with E-state index in [9.17, 15) is 34.8 Å². The van der Waals surface area contributed by atoms with Crippen molar-refractivity contribution in [2.75, 3.05) is 0 Å². The Morgan fingerprint density at radius 3 is 1.94 bits per heavy atom. The summed E-state index contributed by atoms with van der Waals surface area (Å²) in [6, 6.07) is 33.3. The maximum atomic E-state index is 12.6. The molecule has 0 fully saturated rings. The van der Waals surface area contributed by atoms with Crippen LogP contribution in [0.15, 0.2) is 131 Å². The molecule has 2 heterocycles. The molecule has 5 aromatic rings. The lowest BCUT2D eigenvalue weighted by Crippen LogP contribution is -2.34. The molecule has 5 aromatic carbocycles. The lowest BCUT2D eigenvalue weighted by atomic mass is 9.71. The van der Waals surface area contributed by atoms with Gasteiger partial charge >= 0.3 is 11.9 Å². The van der Waals surface area contributed by atoms with E-state index >= 15 is 0 Å². The first-order chi connectivity index (χ1) is 24.1. The fourth-order valence-electron chi connectivity index (χ4n) is 7.14.